The molecule has 0 nitrogen and oxygen atoms in total. The van der Waals surface area contributed by atoms with Gasteiger partial charge in [-0.1, -0.05) is 0 Å². The summed E-state index contributed by atoms with van der Waals surface area (Å²) in [7, 11) is 0. The summed E-state index contributed by atoms with van der Waals surface area (Å²) in [5.41, 5.74) is 0. The third kappa shape index (κ3) is 167. The molecular weight excluding hydrogens is 120 g/mol. The Morgan fingerprint density at radius 2 is 1.00 bits per heavy atom. The predicted octanol–water partition coefficient (Wildman–Crippen LogP) is 0.877. The summed E-state index contributed by atoms with van der Waals surface area (Å²) in [5, 5.41) is 0. The van der Waals surface area contributed by atoms with Gasteiger partial charge in [0.25, 0.3) is 0 Å². The minimum absolute atomic E-state index is 0. The molecule has 0 N–H and O–H groups in total. The molecule has 0 aliphatic heterocycles. The first kappa shape index (κ1) is 9.04. The first-order valence-electron chi connectivity index (χ1n) is 0.463. The Bertz CT molecular complexity index is 11.6. The average Bonchev–Trinajstić information content (AvgIpc) is 0.811. The molecule has 5 heavy (non-hydrogen) atoms. The fourth-order valence-electron chi connectivity index (χ4n) is 0. The maximum atomic E-state index is 9.79. The summed E-state index contributed by atoms with van der Waals surface area (Å²) in [6.45, 7) is 0. The molecule has 0 unspecified atom stereocenters. The summed E-state index contributed by atoms with van der Waals surface area (Å²) < 4.78 is 29.4. The quantitative estimate of drug-likeness (QED) is 0.416. The second-order valence-electron chi connectivity index (χ2n) is 0.175. The van der Waals surface area contributed by atoms with Crippen LogP contribution in [0.15, 0.2) is 0 Å². The van der Waals surface area contributed by atoms with Crippen LogP contribution in [0.3, 0.4) is 0 Å². The Morgan fingerprint density at radius 3 is 1.00 bits per heavy atom. The number of hydrogen-bond acceptors (Lipinski definition) is 0. The van der Waals surface area contributed by atoms with E-state index in [0.29, 0.717) is 0 Å². The average molecular weight is 120 g/mol. The van der Waals surface area contributed by atoms with E-state index in [2.05, 4.69) is 0 Å². The second-order valence-corrected chi connectivity index (χ2v) is 0.721. The van der Waals surface area contributed by atoms with Crippen LogP contribution in [-0.2, 0) is 15.5 Å². The topological polar surface area (TPSA) is 0 Å². The van der Waals surface area contributed by atoms with Crippen LogP contribution in [-0.4, -0.2) is 8.41 Å². The molecule has 30 valence electrons. The van der Waals surface area contributed by atoms with Crippen molar-refractivity contribution >= 4 is 8.41 Å². The predicted molar refractivity (Wildman–Crippen MR) is 9.08 cm³/mol. The first-order chi connectivity index (χ1) is 1.73. The Hall–Kier alpha value is 0.387. The van der Waals surface area contributed by atoms with Gasteiger partial charge >= 0.3 is 26.1 Å². The third-order valence-electron chi connectivity index (χ3n) is 0. The zero-order valence-electron chi connectivity index (χ0n) is 2.12. The number of halogens is 3. The van der Waals surface area contributed by atoms with Gasteiger partial charge in [0.2, 0.25) is 0 Å². The molecule has 3 radical (unpaired) electrons. The van der Waals surface area contributed by atoms with Crippen molar-refractivity contribution in [1.29, 1.82) is 0 Å². The fraction of sp³-hybridized carbons (Fsp3) is 0. The van der Waals surface area contributed by atoms with E-state index in [1.165, 1.54) is 0 Å². The summed E-state index contributed by atoms with van der Waals surface area (Å²) in [4.78, 5) is 0. The molecule has 0 atom stereocenters. The van der Waals surface area contributed by atoms with Gasteiger partial charge in [0.05, 0.1) is 0 Å². The standard InChI is InChI=1S/B.Cr.3FH/h;;3*1H/q;+3;;;/p-3. The molecule has 5 heteroatoms. The third-order valence-corrected chi connectivity index (χ3v) is 0. The molecule has 0 aromatic carbocycles. The SMILES string of the molecule is [B].[F][Cr]([F])[F]. The molecule has 0 fully saturated rings. The van der Waals surface area contributed by atoms with E-state index in [-0.39, 0.29) is 8.41 Å². The number of rotatable bonds is 0. The zero-order valence-corrected chi connectivity index (χ0v) is 3.39. The molecule has 0 aliphatic carbocycles. The maximum absolute atomic E-state index is 9.79. The molecule has 0 aliphatic rings. The van der Waals surface area contributed by atoms with E-state index in [9.17, 15) is 10.6 Å². The summed E-state index contributed by atoms with van der Waals surface area (Å²) in [5.74, 6) is 0. The molecule has 0 spiro atoms. The number of hydrogen-bond donors (Lipinski definition) is 0. The van der Waals surface area contributed by atoms with Crippen molar-refractivity contribution in [3.63, 3.8) is 0 Å². The van der Waals surface area contributed by atoms with Gasteiger partial charge in [0.15, 0.2) is 0 Å². The van der Waals surface area contributed by atoms with Crippen LogP contribution in [0, 0.1) is 0 Å². The van der Waals surface area contributed by atoms with Crippen molar-refractivity contribution in [3.05, 3.63) is 0 Å². The van der Waals surface area contributed by atoms with Gasteiger partial charge < -0.3 is 0 Å². The molecule has 0 bridgehead atoms. The van der Waals surface area contributed by atoms with Crippen LogP contribution in [0.5, 0.6) is 0 Å². The van der Waals surface area contributed by atoms with Crippen LogP contribution < -0.4 is 0 Å². The van der Waals surface area contributed by atoms with Crippen molar-refractivity contribution in [1.82, 2.24) is 0 Å². The minimum atomic E-state index is -4.54. The Morgan fingerprint density at radius 1 is 1.00 bits per heavy atom. The molecule has 0 aromatic heterocycles. The Kier molecular flexibility index (Phi) is 7.93. The molecule has 0 saturated heterocycles. The molecular formula is BCrF3. The monoisotopic (exact) mass is 120 g/mol. The summed E-state index contributed by atoms with van der Waals surface area (Å²) in [6, 6.07) is 0. The van der Waals surface area contributed by atoms with Gasteiger partial charge in [-0.05, 0) is 0 Å². The summed E-state index contributed by atoms with van der Waals surface area (Å²) >= 11 is -4.54. The van der Waals surface area contributed by atoms with E-state index in [1.54, 1.807) is 0 Å². The molecule has 0 rings (SSSR count). The fourth-order valence-corrected chi connectivity index (χ4v) is 0. The van der Waals surface area contributed by atoms with Crippen LogP contribution in [0.4, 0.5) is 10.6 Å². The van der Waals surface area contributed by atoms with Crippen LogP contribution >= 0.6 is 0 Å². The normalized spacial score (nSPS) is 7.20. The second kappa shape index (κ2) is 4.39. The zero-order chi connectivity index (χ0) is 3.58. The van der Waals surface area contributed by atoms with E-state index < -0.39 is 15.5 Å². The van der Waals surface area contributed by atoms with Crippen molar-refractivity contribution < 1.29 is 26.1 Å². The van der Waals surface area contributed by atoms with E-state index in [4.69, 9.17) is 0 Å². The van der Waals surface area contributed by atoms with E-state index in [1.807, 2.05) is 0 Å². The van der Waals surface area contributed by atoms with Gasteiger partial charge in [-0.3, -0.25) is 0 Å². The van der Waals surface area contributed by atoms with E-state index >= 15 is 0 Å². The van der Waals surface area contributed by atoms with Gasteiger partial charge in [0, 0.05) is 8.41 Å². The van der Waals surface area contributed by atoms with Crippen molar-refractivity contribution in [2.75, 3.05) is 0 Å². The van der Waals surface area contributed by atoms with Crippen LogP contribution in [0.2, 0.25) is 0 Å². The Labute approximate surface area is 35.4 Å². The van der Waals surface area contributed by atoms with Crippen LogP contribution in [0.25, 0.3) is 0 Å². The van der Waals surface area contributed by atoms with Crippen molar-refractivity contribution in [3.8, 4) is 0 Å². The van der Waals surface area contributed by atoms with Gasteiger partial charge in [-0.25, -0.2) is 0 Å². The molecule has 0 heterocycles. The van der Waals surface area contributed by atoms with Crippen molar-refractivity contribution in [2.45, 2.75) is 0 Å². The molecule has 0 saturated carbocycles. The van der Waals surface area contributed by atoms with E-state index in [0.717, 1.165) is 0 Å². The van der Waals surface area contributed by atoms with Gasteiger partial charge in [-0.2, -0.15) is 0 Å². The van der Waals surface area contributed by atoms with Crippen molar-refractivity contribution in [2.24, 2.45) is 0 Å². The molecule has 0 aromatic rings. The molecule has 0 amide bonds. The van der Waals surface area contributed by atoms with Gasteiger partial charge in [-0.15, -0.1) is 0 Å². The Balaban J connectivity index is 0. The van der Waals surface area contributed by atoms with Crippen LogP contribution in [0.1, 0.15) is 0 Å². The first-order valence-corrected chi connectivity index (χ1v) is 1.91. The summed E-state index contributed by atoms with van der Waals surface area (Å²) in [6.07, 6.45) is 0. The van der Waals surface area contributed by atoms with Gasteiger partial charge in [0.1, 0.15) is 0 Å².